The SMILES string of the molecule is CC(C)C(C)(CO)COCC(F)(F)F. The van der Waals surface area contributed by atoms with Crippen LogP contribution in [0, 0.1) is 11.3 Å². The number of rotatable bonds is 5. The van der Waals surface area contributed by atoms with Gasteiger partial charge in [0.1, 0.15) is 6.61 Å². The molecule has 0 bridgehead atoms. The van der Waals surface area contributed by atoms with Gasteiger partial charge in [-0.05, 0) is 5.92 Å². The Labute approximate surface area is 82.1 Å². The third-order valence-corrected chi connectivity index (χ3v) is 2.45. The number of aliphatic hydroxyl groups excluding tert-OH is 1. The van der Waals surface area contributed by atoms with Gasteiger partial charge in [0.15, 0.2) is 0 Å². The summed E-state index contributed by atoms with van der Waals surface area (Å²) in [5.41, 5.74) is -0.606. The Morgan fingerprint density at radius 3 is 2.00 bits per heavy atom. The Bertz CT molecular complexity index is 168. The number of ether oxygens (including phenoxy) is 1. The topological polar surface area (TPSA) is 29.5 Å². The molecule has 0 saturated heterocycles. The molecule has 0 rings (SSSR count). The predicted octanol–water partition coefficient (Wildman–Crippen LogP) is 2.22. The van der Waals surface area contributed by atoms with E-state index >= 15 is 0 Å². The molecule has 0 radical (unpaired) electrons. The fraction of sp³-hybridized carbons (Fsp3) is 1.00. The molecule has 0 heterocycles. The van der Waals surface area contributed by atoms with Crippen LogP contribution < -0.4 is 0 Å². The second-order valence-electron chi connectivity index (χ2n) is 4.07. The normalized spacial score (nSPS) is 17.1. The molecule has 0 aliphatic rings. The minimum Gasteiger partial charge on any atom is -0.396 e. The van der Waals surface area contributed by atoms with Gasteiger partial charge >= 0.3 is 6.18 Å². The average Bonchev–Trinajstić information content (AvgIpc) is 2.01. The van der Waals surface area contributed by atoms with E-state index in [0.717, 1.165) is 0 Å². The lowest BCUT2D eigenvalue weighted by atomic mass is 9.81. The average molecular weight is 214 g/mol. The molecule has 1 N–H and O–H groups in total. The van der Waals surface area contributed by atoms with E-state index in [1.807, 2.05) is 13.8 Å². The zero-order valence-corrected chi connectivity index (χ0v) is 8.69. The van der Waals surface area contributed by atoms with E-state index in [4.69, 9.17) is 5.11 Å². The van der Waals surface area contributed by atoms with E-state index in [1.54, 1.807) is 6.92 Å². The first-order valence-electron chi connectivity index (χ1n) is 4.46. The highest BCUT2D eigenvalue weighted by Crippen LogP contribution is 2.27. The smallest absolute Gasteiger partial charge is 0.396 e. The molecular formula is C9H17F3O2. The maximum absolute atomic E-state index is 11.7. The van der Waals surface area contributed by atoms with Crippen LogP contribution in [0.4, 0.5) is 13.2 Å². The number of hydrogen-bond acceptors (Lipinski definition) is 2. The maximum Gasteiger partial charge on any atom is 0.411 e. The fourth-order valence-corrected chi connectivity index (χ4v) is 0.795. The molecule has 0 aromatic heterocycles. The summed E-state index contributed by atoms with van der Waals surface area (Å²) in [6, 6.07) is 0. The van der Waals surface area contributed by atoms with Crippen LogP contribution in [0.3, 0.4) is 0 Å². The van der Waals surface area contributed by atoms with Gasteiger partial charge in [-0.25, -0.2) is 0 Å². The predicted molar refractivity (Wildman–Crippen MR) is 46.9 cm³/mol. The van der Waals surface area contributed by atoms with E-state index in [1.165, 1.54) is 0 Å². The summed E-state index contributed by atoms with van der Waals surface area (Å²) in [4.78, 5) is 0. The van der Waals surface area contributed by atoms with E-state index in [-0.39, 0.29) is 19.1 Å². The molecule has 0 aliphatic heterocycles. The van der Waals surface area contributed by atoms with Gasteiger partial charge in [-0.15, -0.1) is 0 Å². The summed E-state index contributed by atoms with van der Waals surface area (Å²) in [5, 5.41) is 9.02. The first kappa shape index (κ1) is 13.7. The van der Waals surface area contributed by atoms with E-state index in [9.17, 15) is 13.2 Å². The Balaban J connectivity index is 3.97. The van der Waals surface area contributed by atoms with Gasteiger partial charge in [0.05, 0.1) is 13.2 Å². The molecule has 0 aromatic rings. The summed E-state index contributed by atoms with van der Waals surface area (Å²) >= 11 is 0. The van der Waals surface area contributed by atoms with Gasteiger partial charge in [-0.3, -0.25) is 0 Å². The summed E-state index contributed by atoms with van der Waals surface area (Å²) in [6.45, 7) is 3.87. The summed E-state index contributed by atoms with van der Waals surface area (Å²) in [6.07, 6.45) is -4.30. The van der Waals surface area contributed by atoms with Crippen LogP contribution in [-0.2, 0) is 4.74 Å². The van der Waals surface area contributed by atoms with Gasteiger partial charge in [-0.2, -0.15) is 13.2 Å². The fourth-order valence-electron chi connectivity index (χ4n) is 0.795. The van der Waals surface area contributed by atoms with Crippen molar-refractivity contribution < 1.29 is 23.0 Å². The Hall–Kier alpha value is -0.290. The van der Waals surface area contributed by atoms with Gasteiger partial charge in [-0.1, -0.05) is 20.8 Å². The van der Waals surface area contributed by atoms with E-state index < -0.39 is 18.2 Å². The Morgan fingerprint density at radius 2 is 1.71 bits per heavy atom. The molecule has 0 aromatic carbocycles. The van der Waals surface area contributed by atoms with Gasteiger partial charge in [0.2, 0.25) is 0 Å². The second-order valence-corrected chi connectivity index (χ2v) is 4.07. The highest BCUT2D eigenvalue weighted by atomic mass is 19.4. The zero-order chi connectivity index (χ0) is 11.4. The molecule has 1 atom stereocenters. The minimum atomic E-state index is -4.30. The van der Waals surface area contributed by atoms with Crippen molar-refractivity contribution in [1.29, 1.82) is 0 Å². The zero-order valence-electron chi connectivity index (χ0n) is 8.69. The monoisotopic (exact) mass is 214 g/mol. The first-order valence-corrected chi connectivity index (χ1v) is 4.46. The van der Waals surface area contributed by atoms with Crippen molar-refractivity contribution in [3.63, 3.8) is 0 Å². The molecular weight excluding hydrogens is 197 g/mol. The number of aliphatic hydroxyl groups is 1. The lowest BCUT2D eigenvalue weighted by molar-refractivity contribution is -0.183. The minimum absolute atomic E-state index is 0.0701. The van der Waals surface area contributed by atoms with Crippen molar-refractivity contribution in [3.05, 3.63) is 0 Å². The standard InChI is InChI=1S/C9H17F3O2/c1-7(2)8(3,4-13)5-14-6-9(10,11)12/h7,13H,4-6H2,1-3H3. The third kappa shape index (κ3) is 4.81. The molecule has 86 valence electrons. The summed E-state index contributed by atoms with van der Waals surface area (Å²) in [5.74, 6) is 0.0701. The van der Waals surface area contributed by atoms with Crippen LogP contribution in [0.2, 0.25) is 0 Å². The van der Waals surface area contributed by atoms with Crippen LogP contribution in [-0.4, -0.2) is 31.1 Å². The highest BCUT2D eigenvalue weighted by molar-refractivity contribution is 4.76. The van der Waals surface area contributed by atoms with Crippen LogP contribution in [0.1, 0.15) is 20.8 Å². The molecule has 0 spiro atoms. The summed E-state index contributed by atoms with van der Waals surface area (Å²) in [7, 11) is 0. The first-order chi connectivity index (χ1) is 6.21. The van der Waals surface area contributed by atoms with Crippen LogP contribution in [0.15, 0.2) is 0 Å². The molecule has 5 heteroatoms. The number of alkyl halides is 3. The molecule has 0 fully saturated rings. The Kier molecular flexibility index (Phi) is 4.88. The molecule has 1 unspecified atom stereocenters. The Morgan fingerprint density at radius 1 is 1.21 bits per heavy atom. The molecule has 2 nitrogen and oxygen atoms in total. The highest BCUT2D eigenvalue weighted by Gasteiger charge is 2.32. The van der Waals surface area contributed by atoms with Crippen molar-refractivity contribution in [3.8, 4) is 0 Å². The van der Waals surface area contributed by atoms with E-state index in [2.05, 4.69) is 4.74 Å². The second kappa shape index (κ2) is 4.98. The van der Waals surface area contributed by atoms with Gasteiger partial charge < -0.3 is 9.84 Å². The van der Waals surface area contributed by atoms with Crippen molar-refractivity contribution in [2.24, 2.45) is 11.3 Å². The molecule has 14 heavy (non-hydrogen) atoms. The quantitative estimate of drug-likeness (QED) is 0.760. The molecule has 0 saturated carbocycles. The van der Waals surface area contributed by atoms with Crippen LogP contribution in [0.25, 0.3) is 0 Å². The maximum atomic E-state index is 11.7. The number of halogens is 3. The van der Waals surface area contributed by atoms with Crippen LogP contribution >= 0.6 is 0 Å². The van der Waals surface area contributed by atoms with Crippen LogP contribution in [0.5, 0.6) is 0 Å². The molecule has 0 amide bonds. The van der Waals surface area contributed by atoms with Gasteiger partial charge in [0, 0.05) is 5.41 Å². The van der Waals surface area contributed by atoms with Crippen molar-refractivity contribution >= 4 is 0 Å². The molecule has 0 aliphatic carbocycles. The van der Waals surface area contributed by atoms with Gasteiger partial charge in [0.25, 0.3) is 0 Å². The lowest BCUT2D eigenvalue weighted by Gasteiger charge is -2.31. The largest absolute Gasteiger partial charge is 0.411 e. The lowest BCUT2D eigenvalue weighted by Crippen LogP contribution is -2.34. The van der Waals surface area contributed by atoms with Crippen molar-refractivity contribution in [2.75, 3.05) is 19.8 Å². The van der Waals surface area contributed by atoms with Crippen molar-refractivity contribution in [1.82, 2.24) is 0 Å². The summed E-state index contributed by atoms with van der Waals surface area (Å²) < 4.78 is 39.8. The van der Waals surface area contributed by atoms with Crippen molar-refractivity contribution in [2.45, 2.75) is 26.9 Å². The van der Waals surface area contributed by atoms with E-state index in [0.29, 0.717) is 0 Å². The third-order valence-electron chi connectivity index (χ3n) is 2.45. The number of hydrogen-bond donors (Lipinski definition) is 1.